The molecule has 0 aliphatic rings. The summed E-state index contributed by atoms with van der Waals surface area (Å²) in [6.45, 7) is 9.11. The predicted molar refractivity (Wildman–Crippen MR) is 307 cm³/mol. The Labute approximate surface area is 438 Å². The first-order chi connectivity index (χ1) is 33.9. The number of nitrogens with zero attached hydrogens (tertiary/aromatic N) is 1. The van der Waals surface area contributed by atoms with Crippen molar-refractivity contribution in [3.8, 4) is 0 Å². The van der Waals surface area contributed by atoms with Gasteiger partial charge in [0.05, 0.1) is 0 Å². The monoisotopic (exact) mass is 990 g/mol. The fourth-order valence-electron chi connectivity index (χ4n) is 10.8. The van der Waals surface area contributed by atoms with E-state index in [0.29, 0.717) is 0 Å². The van der Waals surface area contributed by atoms with Gasteiger partial charge in [-0.1, -0.05) is 336 Å². The number of rotatable bonds is 57. The van der Waals surface area contributed by atoms with Crippen LogP contribution >= 0.6 is 12.6 Å². The molecule has 69 heavy (non-hydrogen) atoms. The molecule has 1 atom stereocenters. The molecule has 0 aromatic rings. The summed E-state index contributed by atoms with van der Waals surface area (Å²) in [6, 6.07) is -1.22. The standard InChI is InChI=1S/C63H123NO4S/c1-5-9-13-17-21-25-29-33-37-41-45-49-53-58(54-50-46-42-38-34-30-26-22-18-14-10-6-2)61(65)64(60(57-69)63(67)68)62(66)59(55-51-47-43-39-35-31-27-23-19-15-11-7-3)56-52-48-44-40-36-32-28-24-20-16-12-8-4/h58-60,69H,5-57H2,1-4H3,(H,67,68). The third-order valence-corrected chi connectivity index (χ3v) is 15.9. The summed E-state index contributed by atoms with van der Waals surface area (Å²) in [6.07, 6.45) is 63.9. The lowest BCUT2D eigenvalue weighted by Crippen LogP contribution is -2.53. The van der Waals surface area contributed by atoms with Crippen LogP contribution in [0.15, 0.2) is 0 Å². The van der Waals surface area contributed by atoms with Crippen molar-refractivity contribution in [1.29, 1.82) is 0 Å². The van der Waals surface area contributed by atoms with Crippen LogP contribution < -0.4 is 0 Å². The molecule has 5 nitrogen and oxygen atoms in total. The minimum absolute atomic E-state index is 0.0410. The molecule has 410 valence electrons. The normalized spacial score (nSPS) is 12.2. The molecular weight excluding hydrogens is 867 g/mol. The summed E-state index contributed by atoms with van der Waals surface area (Å²) in [5.41, 5.74) is 0. The molecule has 0 fully saturated rings. The topological polar surface area (TPSA) is 74.7 Å². The number of hydrogen-bond donors (Lipinski definition) is 2. The van der Waals surface area contributed by atoms with Crippen molar-refractivity contribution in [2.24, 2.45) is 11.8 Å². The SMILES string of the molecule is CCCCCCCCCCCCCCC(CCCCCCCCCCCCCC)C(=O)N(C(=O)C(CCCCCCCCCCCCCC)CCCCCCCCCCCCCC)C(CS)C(=O)O. The van der Waals surface area contributed by atoms with Gasteiger partial charge in [0.1, 0.15) is 6.04 Å². The lowest BCUT2D eigenvalue weighted by atomic mass is 9.89. The lowest BCUT2D eigenvalue weighted by Gasteiger charge is -2.33. The second-order valence-corrected chi connectivity index (χ2v) is 22.6. The van der Waals surface area contributed by atoms with Crippen LogP contribution in [0.2, 0.25) is 0 Å². The Hall–Kier alpha value is -1.04. The molecule has 0 saturated heterocycles. The molecule has 0 spiro atoms. The van der Waals surface area contributed by atoms with Crippen molar-refractivity contribution in [3.63, 3.8) is 0 Å². The summed E-state index contributed by atoms with van der Waals surface area (Å²) in [7, 11) is 0. The minimum Gasteiger partial charge on any atom is -0.480 e. The molecule has 0 aliphatic carbocycles. The number of unbranched alkanes of at least 4 members (excludes halogenated alkanes) is 44. The van der Waals surface area contributed by atoms with Crippen molar-refractivity contribution >= 4 is 30.4 Å². The van der Waals surface area contributed by atoms with Crippen molar-refractivity contribution < 1.29 is 19.5 Å². The molecule has 0 heterocycles. The number of carbonyl (C=O) groups is 3. The van der Waals surface area contributed by atoms with Gasteiger partial charge in [0.25, 0.3) is 0 Å². The van der Waals surface area contributed by atoms with Crippen LogP contribution in [0.4, 0.5) is 0 Å². The Bertz CT molecular complexity index is 955. The Morgan fingerprint density at radius 2 is 0.464 bits per heavy atom. The summed E-state index contributed by atoms with van der Waals surface area (Å²) >= 11 is 4.51. The number of aliphatic carboxylic acids is 1. The van der Waals surface area contributed by atoms with E-state index in [1.165, 1.54) is 262 Å². The fourth-order valence-corrected chi connectivity index (χ4v) is 11.1. The smallest absolute Gasteiger partial charge is 0.327 e. The molecule has 0 aliphatic heterocycles. The van der Waals surface area contributed by atoms with E-state index in [1.54, 1.807) is 0 Å². The zero-order valence-corrected chi connectivity index (χ0v) is 48.2. The molecule has 2 amide bonds. The molecule has 0 aromatic heterocycles. The van der Waals surface area contributed by atoms with Crippen molar-refractivity contribution in [1.82, 2.24) is 4.90 Å². The van der Waals surface area contributed by atoms with E-state index in [-0.39, 0.29) is 29.4 Å². The quantitative estimate of drug-likeness (QED) is 0.0470. The van der Waals surface area contributed by atoms with Crippen molar-refractivity contribution in [3.05, 3.63) is 0 Å². The first kappa shape index (κ1) is 68.0. The van der Waals surface area contributed by atoms with Crippen LogP contribution in [0.5, 0.6) is 0 Å². The first-order valence-electron chi connectivity index (χ1n) is 31.6. The van der Waals surface area contributed by atoms with E-state index >= 15 is 0 Å². The van der Waals surface area contributed by atoms with Gasteiger partial charge >= 0.3 is 5.97 Å². The summed E-state index contributed by atoms with van der Waals surface area (Å²) in [5.74, 6) is -2.19. The number of carboxylic acids is 1. The average molecular weight is 991 g/mol. The highest BCUT2D eigenvalue weighted by Gasteiger charge is 2.39. The minimum atomic E-state index is -1.22. The van der Waals surface area contributed by atoms with Crippen LogP contribution in [-0.2, 0) is 14.4 Å². The van der Waals surface area contributed by atoms with Crippen LogP contribution in [0, 0.1) is 11.8 Å². The second-order valence-electron chi connectivity index (χ2n) is 22.2. The molecule has 0 aromatic carbocycles. The van der Waals surface area contributed by atoms with Gasteiger partial charge in [-0.2, -0.15) is 12.6 Å². The summed E-state index contributed by atoms with van der Waals surface area (Å²) in [5, 5.41) is 10.6. The summed E-state index contributed by atoms with van der Waals surface area (Å²) < 4.78 is 0. The van der Waals surface area contributed by atoms with Gasteiger partial charge in [0.2, 0.25) is 11.8 Å². The van der Waals surface area contributed by atoms with Gasteiger partial charge < -0.3 is 5.11 Å². The Balaban J connectivity index is 5.74. The number of hydrogen-bond acceptors (Lipinski definition) is 4. The predicted octanol–water partition coefficient (Wildman–Crippen LogP) is 21.3. The highest BCUT2D eigenvalue weighted by molar-refractivity contribution is 7.80. The van der Waals surface area contributed by atoms with Crippen molar-refractivity contribution in [2.75, 3.05) is 5.75 Å². The number of imide groups is 1. The van der Waals surface area contributed by atoms with Gasteiger partial charge in [-0.15, -0.1) is 0 Å². The Morgan fingerprint density at radius 3 is 0.609 bits per heavy atom. The highest BCUT2D eigenvalue weighted by atomic mass is 32.1. The van der Waals surface area contributed by atoms with Gasteiger partial charge in [-0.05, 0) is 25.7 Å². The first-order valence-corrected chi connectivity index (χ1v) is 32.2. The Kier molecular flexibility index (Phi) is 53.9. The zero-order chi connectivity index (χ0) is 50.5. The van der Waals surface area contributed by atoms with Crippen LogP contribution in [0.3, 0.4) is 0 Å². The summed E-state index contributed by atoms with van der Waals surface area (Å²) in [4.78, 5) is 44.0. The van der Waals surface area contributed by atoms with E-state index < -0.39 is 12.0 Å². The van der Waals surface area contributed by atoms with Gasteiger partial charge in [-0.3, -0.25) is 14.5 Å². The van der Waals surface area contributed by atoms with E-state index in [1.807, 2.05) is 0 Å². The number of carbonyl (C=O) groups excluding carboxylic acids is 2. The van der Waals surface area contributed by atoms with Gasteiger partial charge in [0.15, 0.2) is 0 Å². The molecule has 6 heteroatoms. The van der Waals surface area contributed by atoms with E-state index in [2.05, 4.69) is 40.3 Å². The lowest BCUT2D eigenvalue weighted by molar-refractivity contribution is -0.161. The van der Waals surface area contributed by atoms with Crippen LogP contribution in [0.1, 0.15) is 362 Å². The molecular formula is C63H123NO4S. The van der Waals surface area contributed by atoms with E-state index in [4.69, 9.17) is 0 Å². The number of amides is 2. The van der Waals surface area contributed by atoms with E-state index in [9.17, 15) is 19.5 Å². The third-order valence-electron chi connectivity index (χ3n) is 15.6. The molecule has 0 radical (unpaired) electrons. The Morgan fingerprint density at radius 1 is 0.304 bits per heavy atom. The average Bonchev–Trinajstić information content (AvgIpc) is 3.35. The molecule has 0 saturated carbocycles. The number of carboxylic acid groups (broad SMARTS) is 1. The molecule has 0 rings (SSSR count). The van der Waals surface area contributed by atoms with Gasteiger partial charge in [0, 0.05) is 17.6 Å². The fraction of sp³-hybridized carbons (Fsp3) is 0.952. The third kappa shape index (κ3) is 43.1. The van der Waals surface area contributed by atoms with Crippen LogP contribution in [0.25, 0.3) is 0 Å². The largest absolute Gasteiger partial charge is 0.480 e. The van der Waals surface area contributed by atoms with Crippen molar-refractivity contribution in [2.45, 2.75) is 368 Å². The molecule has 1 unspecified atom stereocenters. The maximum atomic E-state index is 14.9. The zero-order valence-electron chi connectivity index (χ0n) is 47.3. The van der Waals surface area contributed by atoms with Crippen LogP contribution in [-0.4, -0.2) is 39.6 Å². The second kappa shape index (κ2) is 54.7. The maximum Gasteiger partial charge on any atom is 0.327 e. The molecule has 1 N–H and O–H groups in total. The van der Waals surface area contributed by atoms with Gasteiger partial charge in [-0.25, -0.2) is 4.79 Å². The molecule has 0 bridgehead atoms. The van der Waals surface area contributed by atoms with E-state index in [0.717, 1.165) is 77.0 Å². The maximum absolute atomic E-state index is 14.9. The number of thiol groups is 1. The highest BCUT2D eigenvalue weighted by Crippen LogP contribution is 2.28.